The number of aryl methyl sites for hydroxylation is 1. The van der Waals surface area contributed by atoms with Crippen LogP contribution in [0.25, 0.3) is 5.69 Å². The molecule has 28 heavy (non-hydrogen) atoms. The van der Waals surface area contributed by atoms with Gasteiger partial charge in [-0.25, -0.2) is 9.48 Å². The maximum atomic E-state index is 12.0. The fraction of sp³-hybridized carbons (Fsp3) is 0.158. The van der Waals surface area contributed by atoms with E-state index in [1.807, 2.05) is 31.2 Å². The van der Waals surface area contributed by atoms with Crippen molar-refractivity contribution in [3.63, 3.8) is 0 Å². The molecule has 0 saturated heterocycles. The quantitative estimate of drug-likeness (QED) is 0.233. The molecule has 0 spiro atoms. The summed E-state index contributed by atoms with van der Waals surface area (Å²) in [5, 5.41) is 15.0. The Hall–Kier alpha value is -3.20. The molecule has 0 N–H and O–H groups in total. The number of benzene rings is 2. The van der Waals surface area contributed by atoms with Crippen LogP contribution in [0.5, 0.6) is 5.75 Å². The first-order chi connectivity index (χ1) is 13.5. The smallest absolute Gasteiger partial charge is 0.427 e. The number of nitro groups is 1. The second kappa shape index (κ2) is 8.66. The molecule has 144 valence electrons. The zero-order chi connectivity index (χ0) is 20.1. The Morgan fingerprint density at radius 2 is 1.86 bits per heavy atom. The lowest BCUT2D eigenvalue weighted by atomic mass is 10.2. The highest BCUT2D eigenvalue weighted by Gasteiger charge is 2.15. The standard InChI is InChI=1S/C19H16BrN3O5/c1-2-13-11-21-22(15-5-3-14(20)4-6-15)18(13)12-27-19(24)28-17-9-7-16(8-10-17)23(25)26/h3-11H,2,12H2,1H3. The summed E-state index contributed by atoms with van der Waals surface area (Å²) >= 11 is 3.40. The van der Waals surface area contributed by atoms with E-state index >= 15 is 0 Å². The fourth-order valence-corrected chi connectivity index (χ4v) is 2.81. The van der Waals surface area contributed by atoms with E-state index in [0.717, 1.165) is 27.8 Å². The van der Waals surface area contributed by atoms with Gasteiger partial charge in [-0.15, -0.1) is 0 Å². The summed E-state index contributed by atoms with van der Waals surface area (Å²) in [6, 6.07) is 12.8. The van der Waals surface area contributed by atoms with E-state index in [4.69, 9.17) is 9.47 Å². The van der Waals surface area contributed by atoms with Gasteiger partial charge in [0.2, 0.25) is 0 Å². The van der Waals surface area contributed by atoms with E-state index in [2.05, 4.69) is 21.0 Å². The van der Waals surface area contributed by atoms with Crippen LogP contribution in [0.2, 0.25) is 0 Å². The number of hydrogen-bond donors (Lipinski definition) is 0. The first-order valence-electron chi connectivity index (χ1n) is 8.38. The summed E-state index contributed by atoms with van der Waals surface area (Å²) in [5.74, 6) is 0.160. The van der Waals surface area contributed by atoms with Crippen LogP contribution < -0.4 is 4.74 Å². The highest BCUT2D eigenvalue weighted by atomic mass is 79.9. The van der Waals surface area contributed by atoms with Gasteiger partial charge in [0, 0.05) is 16.6 Å². The predicted octanol–water partition coefficient (Wildman–Crippen LogP) is 4.82. The molecular weight excluding hydrogens is 430 g/mol. The molecule has 8 nitrogen and oxygen atoms in total. The van der Waals surface area contributed by atoms with Crippen molar-refractivity contribution in [2.45, 2.75) is 20.0 Å². The minimum atomic E-state index is -0.903. The van der Waals surface area contributed by atoms with Gasteiger partial charge in [0.15, 0.2) is 0 Å². The molecule has 2 aromatic carbocycles. The number of rotatable bonds is 6. The average molecular weight is 446 g/mol. The Balaban J connectivity index is 1.69. The summed E-state index contributed by atoms with van der Waals surface area (Å²) in [4.78, 5) is 22.1. The van der Waals surface area contributed by atoms with Gasteiger partial charge in [0.25, 0.3) is 5.69 Å². The summed E-state index contributed by atoms with van der Waals surface area (Å²) in [6.45, 7) is 1.96. The first-order valence-corrected chi connectivity index (χ1v) is 9.18. The lowest BCUT2D eigenvalue weighted by molar-refractivity contribution is -0.384. The van der Waals surface area contributed by atoms with Gasteiger partial charge in [-0.1, -0.05) is 22.9 Å². The second-order valence-corrected chi connectivity index (χ2v) is 6.67. The van der Waals surface area contributed by atoms with Crippen LogP contribution in [-0.4, -0.2) is 20.9 Å². The molecule has 9 heteroatoms. The Kier molecular flexibility index (Phi) is 6.05. The molecule has 0 atom stereocenters. The number of non-ortho nitro benzene ring substituents is 1. The van der Waals surface area contributed by atoms with Crippen molar-refractivity contribution in [2.24, 2.45) is 0 Å². The molecule has 0 amide bonds. The molecule has 0 aliphatic carbocycles. The molecule has 0 unspecified atom stereocenters. The number of carbonyl (C=O) groups excluding carboxylic acids is 1. The normalized spacial score (nSPS) is 10.5. The SMILES string of the molecule is CCc1cnn(-c2ccc(Br)cc2)c1COC(=O)Oc1ccc([N+](=O)[O-])cc1. The van der Waals surface area contributed by atoms with E-state index in [0.29, 0.717) is 0 Å². The highest BCUT2D eigenvalue weighted by Crippen LogP contribution is 2.20. The molecule has 3 aromatic rings. The Morgan fingerprint density at radius 3 is 2.46 bits per heavy atom. The monoisotopic (exact) mass is 445 g/mol. The van der Waals surface area contributed by atoms with Gasteiger partial charge >= 0.3 is 6.16 Å². The predicted molar refractivity (Wildman–Crippen MR) is 105 cm³/mol. The molecule has 3 rings (SSSR count). The molecule has 0 aliphatic heterocycles. The van der Waals surface area contributed by atoms with Gasteiger partial charge in [0.1, 0.15) is 12.4 Å². The fourth-order valence-electron chi connectivity index (χ4n) is 2.55. The summed E-state index contributed by atoms with van der Waals surface area (Å²) < 4.78 is 13.0. The zero-order valence-electron chi connectivity index (χ0n) is 14.9. The van der Waals surface area contributed by atoms with Crippen LogP contribution in [0, 0.1) is 10.1 Å². The van der Waals surface area contributed by atoms with Gasteiger partial charge in [0.05, 0.1) is 22.5 Å². The van der Waals surface area contributed by atoms with Crippen molar-refractivity contribution in [2.75, 3.05) is 0 Å². The third-order valence-corrected chi connectivity index (χ3v) is 4.51. The number of nitrogens with zero attached hydrogens (tertiary/aromatic N) is 3. The van der Waals surface area contributed by atoms with Crippen LogP contribution in [0.15, 0.2) is 59.2 Å². The van der Waals surface area contributed by atoms with Crippen molar-refractivity contribution in [3.8, 4) is 11.4 Å². The number of ether oxygens (including phenoxy) is 2. The summed E-state index contributed by atoms with van der Waals surface area (Å²) in [7, 11) is 0. The molecule has 0 fully saturated rings. The van der Waals surface area contributed by atoms with Gasteiger partial charge < -0.3 is 9.47 Å². The van der Waals surface area contributed by atoms with Crippen LogP contribution in [0.3, 0.4) is 0 Å². The maximum Gasteiger partial charge on any atom is 0.514 e. The molecular formula is C19H16BrN3O5. The van der Waals surface area contributed by atoms with Crippen molar-refractivity contribution >= 4 is 27.8 Å². The Labute approximate surface area is 169 Å². The van der Waals surface area contributed by atoms with Gasteiger partial charge in [-0.2, -0.15) is 5.10 Å². The van der Waals surface area contributed by atoms with Crippen LogP contribution in [0.4, 0.5) is 10.5 Å². The van der Waals surface area contributed by atoms with Crippen molar-refractivity contribution in [1.29, 1.82) is 0 Å². The largest absolute Gasteiger partial charge is 0.514 e. The van der Waals surface area contributed by atoms with E-state index in [1.54, 1.807) is 10.9 Å². The number of halogens is 1. The second-order valence-electron chi connectivity index (χ2n) is 5.75. The van der Waals surface area contributed by atoms with Gasteiger partial charge in [-0.05, 0) is 48.4 Å². The van der Waals surface area contributed by atoms with Crippen LogP contribution in [0.1, 0.15) is 18.2 Å². The third kappa shape index (κ3) is 4.55. The zero-order valence-corrected chi connectivity index (χ0v) is 16.5. The van der Waals surface area contributed by atoms with Crippen LogP contribution >= 0.6 is 15.9 Å². The highest BCUT2D eigenvalue weighted by molar-refractivity contribution is 9.10. The topological polar surface area (TPSA) is 96.5 Å². The van der Waals surface area contributed by atoms with Crippen molar-refractivity contribution < 1.29 is 19.2 Å². The third-order valence-electron chi connectivity index (χ3n) is 3.98. The Morgan fingerprint density at radius 1 is 1.18 bits per heavy atom. The summed E-state index contributed by atoms with van der Waals surface area (Å²) in [5.41, 5.74) is 2.44. The molecule has 0 aliphatic rings. The first kappa shape index (κ1) is 19.6. The molecule has 0 bridgehead atoms. The van der Waals surface area contributed by atoms with E-state index < -0.39 is 11.1 Å². The average Bonchev–Trinajstić information content (AvgIpc) is 3.10. The molecule has 1 aromatic heterocycles. The number of nitro benzene ring substituents is 1. The summed E-state index contributed by atoms with van der Waals surface area (Å²) in [6.07, 6.45) is 1.56. The lowest BCUT2D eigenvalue weighted by Crippen LogP contribution is -2.13. The molecule has 0 radical (unpaired) electrons. The van der Waals surface area contributed by atoms with E-state index in [-0.39, 0.29) is 18.0 Å². The number of carbonyl (C=O) groups is 1. The maximum absolute atomic E-state index is 12.0. The number of hydrogen-bond acceptors (Lipinski definition) is 6. The minimum Gasteiger partial charge on any atom is -0.427 e. The molecule has 1 heterocycles. The Bertz CT molecular complexity index is 984. The minimum absolute atomic E-state index is 0.0228. The lowest BCUT2D eigenvalue weighted by Gasteiger charge is -2.10. The van der Waals surface area contributed by atoms with E-state index in [9.17, 15) is 14.9 Å². The van der Waals surface area contributed by atoms with Crippen LogP contribution in [-0.2, 0) is 17.8 Å². The molecule has 0 saturated carbocycles. The van der Waals surface area contributed by atoms with E-state index in [1.165, 1.54) is 24.3 Å². The van der Waals surface area contributed by atoms with Crippen molar-refractivity contribution in [1.82, 2.24) is 9.78 Å². The van der Waals surface area contributed by atoms with Crippen molar-refractivity contribution in [3.05, 3.63) is 80.6 Å². The van der Waals surface area contributed by atoms with Gasteiger partial charge in [-0.3, -0.25) is 10.1 Å². The number of aromatic nitrogens is 2.